The lowest BCUT2D eigenvalue weighted by atomic mass is 9.76. The normalized spacial score (nSPS) is 27.7. The third-order valence-electron chi connectivity index (χ3n) is 14.3. The lowest BCUT2D eigenvalue weighted by Gasteiger charge is -2.33. The van der Waals surface area contributed by atoms with E-state index in [0.717, 1.165) is 75.5 Å². The van der Waals surface area contributed by atoms with E-state index < -0.39 is 23.6 Å². The number of nitrogens with zero attached hydrogens (tertiary/aromatic N) is 2. The maximum absolute atomic E-state index is 12.4. The van der Waals surface area contributed by atoms with Crippen molar-refractivity contribution in [3.63, 3.8) is 0 Å². The number of carbonyl (C=O) groups excluding carboxylic acids is 1. The van der Waals surface area contributed by atoms with E-state index in [1.807, 2.05) is 18.3 Å². The Balaban J connectivity index is 1.14. The quantitative estimate of drug-likeness (QED) is 0.0545. The van der Waals surface area contributed by atoms with Crippen LogP contribution in [0.15, 0.2) is 42.7 Å². The first-order chi connectivity index (χ1) is 27.3. The number of nitrogen functional groups attached to an aromatic ring is 1. The number of Topliss-reactive ketones (excluding diaryl/α,β-unsaturated/α-hetero) is 1. The summed E-state index contributed by atoms with van der Waals surface area (Å²) in [4.78, 5) is 33.2. The number of pyridine rings is 1. The highest BCUT2D eigenvalue weighted by molar-refractivity contribution is 5.79. The van der Waals surface area contributed by atoms with E-state index in [-0.39, 0.29) is 30.3 Å². The van der Waals surface area contributed by atoms with Crippen molar-refractivity contribution in [3.05, 3.63) is 59.6 Å². The summed E-state index contributed by atoms with van der Waals surface area (Å²) < 4.78 is 0. The van der Waals surface area contributed by atoms with E-state index >= 15 is 0 Å². The Morgan fingerprint density at radius 2 is 1.79 bits per heavy atom. The van der Waals surface area contributed by atoms with Crippen LogP contribution in [0.25, 0.3) is 0 Å². The molecule has 0 bridgehead atoms. The van der Waals surface area contributed by atoms with Crippen molar-refractivity contribution in [1.82, 2.24) is 9.97 Å². The zero-order valence-electron chi connectivity index (χ0n) is 35.2. The standard InChI is InChI=1S/C48H74N3O6/c1-4-5-7-10-34-13-14-38(45(54)26-34)11-8-6-9-12-43(47(55)56)44(53)19-21-48(57)30-36(24-35-20-22-50-46(49)27-35)25-40(48)29-41-28-39(31-51-41)33(3)23-32(2)37-15-17-42(52)18-16-37/h13-14,20,22,27-28,31-34,36-38,40,43-45,53-54,57H,4-12,15-19,21,23-26,29-30H2,1-3H3,(H2,49,50)(H,55,56)/q-1. The van der Waals surface area contributed by atoms with Crippen LogP contribution in [-0.2, 0) is 22.4 Å². The van der Waals surface area contributed by atoms with Crippen molar-refractivity contribution in [2.45, 2.75) is 179 Å². The summed E-state index contributed by atoms with van der Waals surface area (Å²) >= 11 is 0. The fourth-order valence-corrected chi connectivity index (χ4v) is 10.7. The van der Waals surface area contributed by atoms with Crippen molar-refractivity contribution >= 4 is 17.6 Å². The summed E-state index contributed by atoms with van der Waals surface area (Å²) in [5.74, 6) is 1.24. The molecule has 0 radical (unpaired) electrons. The van der Waals surface area contributed by atoms with E-state index in [4.69, 9.17) is 10.7 Å². The summed E-state index contributed by atoms with van der Waals surface area (Å²) in [6.45, 7) is 6.79. The Morgan fingerprint density at radius 3 is 2.51 bits per heavy atom. The van der Waals surface area contributed by atoms with Crippen molar-refractivity contribution in [1.29, 1.82) is 0 Å². The molecule has 10 unspecified atom stereocenters. The zero-order valence-corrected chi connectivity index (χ0v) is 35.2. The van der Waals surface area contributed by atoms with Crippen molar-refractivity contribution in [2.24, 2.45) is 41.4 Å². The molecule has 0 aromatic carbocycles. The van der Waals surface area contributed by atoms with E-state index in [1.54, 1.807) is 6.20 Å². The van der Waals surface area contributed by atoms with Crippen LogP contribution >= 0.6 is 0 Å². The van der Waals surface area contributed by atoms with Gasteiger partial charge in [-0.3, -0.25) is 9.59 Å². The topological polar surface area (TPSA) is 168 Å². The number of unbranched alkanes of at least 4 members (excludes halogenated alkanes) is 4. The Hall–Kier alpha value is -3.01. The van der Waals surface area contributed by atoms with Crippen LogP contribution in [0.4, 0.5) is 5.82 Å². The molecule has 2 aromatic heterocycles. The molecule has 57 heavy (non-hydrogen) atoms. The number of carboxylic acids is 1. The van der Waals surface area contributed by atoms with Gasteiger partial charge in [-0.15, -0.1) is 0 Å². The second-order valence-corrected chi connectivity index (χ2v) is 18.8. The highest BCUT2D eigenvalue weighted by atomic mass is 16.4. The Kier molecular flexibility index (Phi) is 17.3. The summed E-state index contributed by atoms with van der Waals surface area (Å²) in [7, 11) is 0. The molecule has 10 atom stereocenters. The van der Waals surface area contributed by atoms with Gasteiger partial charge in [0.1, 0.15) is 11.6 Å². The number of carboxylic acid groups (broad SMARTS) is 1. The molecule has 9 nitrogen and oxygen atoms in total. The summed E-state index contributed by atoms with van der Waals surface area (Å²) in [6.07, 6.45) is 24.0. The molecule has 2 heterocycles. The van der Waals surface area contributed by atoms with Gasteiger partial charge in [-0.25, -0.2) is 4.98 Å². The minimum Gasteiger partial charge on any atom is -0.667 e. The molecule has 0 spiro atoms. The van der Waals surface area contributed by atoms with Crippen LogP contribution in [-0.4, -0.2) is 55.0 Å². The predicted octanol–water partition coefficient (Wildman–Crippen LogP) is 8.98. The molecular weight excluding hydrogens is 715 g/mol. The molecule has 0 amide bonds. The Morgan fingerprint density at radius 1 is 1.02 bits per heavy atom. The average Bonchev–Trinajstić information content (AvgIpc) is 3.77. The van der Waals surface area contributed by atoms with Crippen LogP contribution in [0.2, 0.25) is 0 Å². The molecule has 3 aliphatic carbocycles. The van der Waals surface area contributed by atoms with Crippen LogP contribution in [0.5, 0.6) is 0 Å². The maximum atomic E-state index is 12.4. The van der Waals surface area contributed by atoms with E-state index in [1.165, 1.54) is 24.8 Å². The first kappa shape index (κ1) is 45.1. The van der Waals surface area contributed by atoms with Gasteiger partial charge in [0.05, 0.1) is 23.7 Å². The largest absolute Gasteiger partial charge is 0.667 e. The molecule has 2 saturated carbocycles. The fourth-order valence-electron chi connectivity index (χ4n) is 10.7. The molecule has 318 valence electrons. The second-order valence-electron chi connectivity index (χ2n) is 18.8. The van der Waals surface area contributed by atoms with Crippen molar-refractivity contribution in [2.75, 3.05) is 5.73 Å². The summed E-state index contributed by atoms with van der Waals surface area (Å²) in [6, 6.07) is 6.07. The number of hydrogen-bond donors (Lipinski definition) is 5. The second kappa shape index (κ2) is 21.8. The van der Waals surface area contributed by atoms with E-state index in [9.17, 15) is 30.0 Å². The van der Waals surface area contributed by atoms with E-state index in [0.29, 0.717) is 80.2 Å². The van der Waals surface area contributed by atoms with Gasteiger partial charge in [0, 0.05) is 25.0 Å². The zero-order chi connectivity index (χ0) is 41.0. The minimum atomic E-state index is -1.06. The lowest BCUT2D eigenvalue weighted by molar-refractivity contribution is -0.146. The maximum Gasteiger partial charge on any atom is 0.309 e. The van der Waals surface area contributed by atoms with Gasteiger partial charge in [0.25, 0.3) is 0 Å². The number of ketones is 1. The third kappa shape index (κ3) is 13.5. The fraction of sp³-hybridized carbons (Fsp3) is 0.729. The minimum absolute atomic E-state index is 0.0790. The van der Waals surface area contributed by atoms with Crippen LogP contribution in [0, 0.1) is 41.4 Å². The number of aliphatic hydroxyl groups is 3. The number of hydrogen-bond acceptors (Lipinski definition) is 7. The highest BCUT2D eigenvalue weighted by Crippen LogP contribution is 2.46. The van der Waals surface area contributed by atoms with Gasteiger partial charge < -0.3 is 31.1 Å². The number of nitrogens with two attached hydrogens (primary N) is 1. The van der Waals surface area contributed by atoms with Gasteiger partial charge in [-0.1, -0.05) is 83.1 Å². The molecule has 2 fully saturated rings. The Bertz CT molecular complexity index is 1560. The van der Waals surface area contributed by atoms with E-state index in [2.05, 4.69) is 44.0 Å². The first-order valence-corrected chi connectivity index (χ1v) is 22.7. The SMILES string of the molecule is CCCCCC1C=CC(CCCCCC(C(=O)O)C(O)CCC2(O)CC(Cc3ccnc(N)c3)CC2Cc2cc(C(C)CC(C)C3CCC(=O)CC3)c[n-]2)C(O)C1. The van der Waals surface area contributed by atoms with Crippen molar-refractivity contribution < 1.29 is 30.0 Å². The average molecular weight is 789 g/mol. The molecule has 3 aliphatic rings. The number of allylic oxidation sites excluding steroid dienone is 1. The lowest BCUT2D eigenvalue weighted by Crippen LogP contribution is -2.37. The van der Waals surface area contributed by atoms with Gasteiger partial charge in [0.15, 0.2) is 0 Å². The molecule has 2 aromatic rings. The molecular formula is C48H74N3O6-. The molecule has 5 rings (SSSR count). The number of carbonyl (C=O) groups is 2. The molecule has 9 heteroatoms. The molecule has 0 aliphatic heterocycles. The summed E-state index contributed by atoms with van der Waals surface area (Å²) in [5, 5.41) is 44.6. The van der Waals surface area contributed by atoms with Crippen LogP contribution in [0.1, 0.15) is 166 Å². The predicted molar refractivity (Wildman–Crippen MR) is 226 cm³/mol. The van der Waals surface area contributed by atoms with Gasteiger partial charge >= 0.3 is 5.97 Å². The molecule has 6 N–H and O–H groups in total. The number of rotatable bonds is 23. The van der Waals surface area contributed by atoms with Crippen LogP contribution < -0.4 is 10.7 Å². The first-order valence-electron chi connectivity index (χ1n) is 22.7. The van der Waals surface area contributed by atoms with Gasteiger partial charge in [0.2, 0.25) is 0 Å². The van der Waals surface area contributed by atoms with Crippen molar-refractivity contribution in [3.8, 4) is 0 Å². The number of aliphatic carboxylic acids is 1. The smallest absolute Gasteiger partial charge is 0.309 e. The third-order valence-corrected chi connectivity index (χ3v) is 14.3. The molecule has 0 saturated heterocycles. The number of aliphatic hydroxyl groups excluding tert-OH is 2. The number of anilines is 1. The van der Waals surface area contributed by atoms with Gasteiger partial charge in [-0.2, -0.15) is 11.9 Å². The van der Waals surface area contributed by atoms with Crippen LogP contribution in [0.3, 0.4) is 0 Å². The number of aromatic nitrogens is 2. The summed E-state index contributed by atoms with van der Waals surface area (Å²) in [5.41, 5.74) is 8.20. The monoisotopic (exact) mass is 789 g/mol. The Labute approximate surface area is 342 Å². The highest BCUT2D eigenvalue weighted by Gasteiger charge is 2.46. The van der Waals surface area contributed by atoms with Gasteiger partial charge in [-0.05, 0) is 137 Å².